The van der Waals surface area contributed by atoms with Crippen molar-refractivity contribution in [3.05, 3.63) is 10.1 Å². The molecule has 0 spiro atoms. The molecule has 0 aliphatic carbocycles. The Balaban J connectivity index is 2.26. The van der Waals surface area contributed by atoms with Gasteiger partial charge in [-0.1, -0.05) is 13.8 Å². The zero-order chi connectivity index (χ0) is 9.84. The van der Waals surface area contributed by atoms with Crippen LogP contribution in [-0.4, -0.2) is 35.5 Å². The first-order chi connectivity index (χ1) is 6.09. The van der Waals surface area contributed by atoms with Gasteiger partial charge in [-0.3, -0.25) is 10.1 Å². The number of nitrogens with zero attached hydrogens (tertiary/aromatic N) is 2. The topological polar surface area (TPSA) is 46.4 Å². The highest BCUT2D eigenvalue weighted by Gasteiger charge is 2.26. The van der Waals surface area contributed by atoms with Gasteiger partial charge >= 0.3 is 0 Å². The molecule has 0 amide bonds. The summed E-state index contributed by atoms with van der Waals surface area (Å²) in [6, 6.07) is -0.289. The fourth-order valence-corrected chi connectivity index (χ4v) is 1.83. The Morgan fingerprint density at radius 1 is 1.46 bits per heavy atom. The van der Waals surface area contributed by atoms with Crippen LogP contribution in [-0.2, 0) is 0 Å². The van der Waals surface area contributed by atoms with Gasteiger partial charge in [0.15, 0.2) is 0 Å². The molecule has 1 saturated heterocycles. The van der Waals surface area contributed by atoms with E-state index < -0.39 is 0 Å². The number of hydrogen-bond acceptors (Lipinski definition) is 3. The second kappa shape index (κ2) is 4.56. The van der Waals surface area contributed by atoms with Crippen LogP contribution in [0.4, 0.5) is 0 Å². The van der Waals surface area contributed by atoms with E-state index in [2.05, 4.69) is 18.7 Å². The third-order valence-corrected chi connectivity index (χ3v) is 2.48. The summed E-state index contributed by atoms with van der Waals surface area (Å²) in [5.74, 6) is 0.659. The van der Waals surface area contributed by atoms with Crippen LogP contribution in [0.15, 0.2) is 0 Å². The normalized spacial score (nSPS) is 20.8. The third kappa shape index (κ3) is 3.30. The van der Waals surface area contributed by atoms with E-state index >= 15 is 0 Å². The molecule has 1 aliphatic rings. The minimum Gasteiger partial charge on any atom is -0.303 e. The second-order valence-corrected chi connectivity index (χ2v) is 4.21. The minimum absolute atomic E-state index is 0.132. The average molecular weight is 186 g/mol. The molecule has 76 valence electrons. The molecule has 1 heterocycles. The van der Waals surface area contributed by atoms with Gasteiger partial charge < -0.3 is 4.90 Å². The van der Waals surface area contributed by atoms with Crippen LogP contribution >= 0.6 is 0 Å². The van der Waals surface area contributed by atoms with Gasteiger partial charge in [-0.25, -0.2) is 0 Å². The van der Waals surface area contributed by atoms with Crippen LogP contribution < -0.4 is 0 Å². The van der Waals surface area contributed by atoms with Crippen LogP contribution in [0.3, 0.4) is 0 Å². The number of piperidine rings is 1. The zero-order valence-electron chi connectivity index (χ0n) is 8.40. The van der Waals surface area contributed by atoms with E-state index in [1.165, 1.54) is 0 Å². The molecule has 13 heavy (non-hydrogen) atoms. The highest BCUT2D eigenvalue weighted by atomic mass is 16.6. The van der Waals surface area contributed by atoms with Gasteiger partial charge in [-0.05, 0) is 5.92 Å². The lowest BCUT2D eigenvalue weighted by atomic mass is 10.0. The largest absolute Gasteiger partial charge is 0.303 e. The molecule has 0 bridgehead atoms. The van der Waals surface area contributed by atoms with E-state index in [1.54, 1.807) is 0 Å². The van der Waals surface area contributed by atoms with Crippen LogP contribution in [0.1, 0.15) is 26.7 Å². The number of hydrogen-bond donors (Lipinski definition) is 0. The van der Waals surface area contributed by atoms with Crippen molar-refractivity contribution in [3.8, 4) is 0 Å². The molecule has 0 aromatic heterocycles. The smallest absolute Gasteiger partial charge is 0.215 e. The third-order valence-electron chi connectivity index (χ3n) is 2.48. The molecular weight excluding hydrogens is 168 g/mol. The summed E-state index contributed by atoms with van der Waals surface area (Å²) in [6.07, 6.45) is 1.44. The lowest BCUT2D eigenvalue weighted by Gasteiger charge is -2.29. The van der Waals surface area contributed by atoms with Crippen LogP contribution in [0.25, 0.3) is 0 Å². The lowest BCUT2D eigenvalue weighted by Crippen LogP contribution is -2.40. The maximum atomic E-state index is 10.5. The zero-order valence-corrected chi connectivity index (χ0v) is 8.40. The van der Waals surface area contributed by atoms with E-state index in [0.717, 1.165) is 32.5 Å². The van der Waals surface area contributed by atoms with Crippen molar-refractivity contribution in [1.29, 1.82) is 0 Å². The predicted molar refractivity (Wildman–Crippen MR) is 51.3 cm³/mol. The molecule has 0 radical (unpaired) electrons. The minimum atomic E-state index is -0.289. The molecular formula is C9H18N2O2. The standard InChI is InChI=1S/C9H18N2O2/c1-8(2)7-10-5-3-9(4-6-10)11(12)13/h8-9H,3-7H2,1-2H3. The Kier molecular flexibility index (Phi) is 3.66. The van der Waals surface area contributed by atoms with Crippen LogP contribution in [0.5, 0.6) is 0 Å². The Labute approximate surface area is 79.1 Å². The van der Waals surface area contributed by atoms with Crippen LogP contribution in [0, 0.1) is 16.0 Å². The van der Waals surface area contributed by atoms with E-state index in [4.69, 9.17) is 0 Å². The average Bonchev–Trinajstić information content (AvgIpc) is 2.04. The SMILES string of the molecule is CC(C)CN1CCC([N+](=O)[O-])CC1. The van der Waals surface area contributed by atoms with Crippen LogP contribution in [0.2, 0.25) is 0 Å². The lowest BCUT2D eigenvalue weighted by molar-refractivity contribution is -0.526. The first-order valence-electron chi connectivity index (χ1n) is 4.95. The van der Waals surface area contributed by atoms with E-state index in [1.807, 2.05) is 0 Å². The number of likely N-dealkylation sites (tertiary alicyclic amines) is 1. The summed E-state index contributed by atoms with van der Waals surface area (Å²) in [5.41, 5.74) is 0. The van der Waals surface area contributed by atoms with Crippen molar-refractivity contribution in [2.24, 2.45) is 5.92 Å². The van der Waals surface area contributed by atoms with Gasteiger partial charge in [0, 0.05) is 37.4 Å². The fourth-order valence-electron chi connectivity index (χ4n) is 1.83. The highest BCUT2D eigenvalue weighted by molar-refractivity contribution is 4.72. The summed E-state index contributed by atoms with van der Waals surface area (Å²) >= 11 is 0. The van der Waals surface area contributed by atoms with E-state index in [0.29, 0.717) is 5.92 Å². The van der Waals surface area contributed by atoms with Crippen molar-refractivity contribution in [2.45, 2.75) is 32.7 Å². The second-order valence-electron chi connectivity index (χ2n) is 4.21. The summed E-state index contributed by atoms with van der Waals surface area (Å²) < 4.78 is 0. The van der Waals surface area contributed by atoms with Crippen molar-refractivity contribution >= 4 is 0 Å². The first-order valence-corrected chi connectivity index (χ1v) is 4.95. The van der Waals surface area contributed by atoms with Gasteiger partial charge in [0.05, 0.1) is 0 Å². The summed E-state index contributed by atoms with van der Waals surface area (Å²) in [6.45, 7) is 7.22. The molecule has 0 unspecified atom stereocenters. The first kappa shape index (κ1) is 10.4. The molecule has 0 N–H and O–H groups in total. The molecule has 1 aliphatic heterocycles. The molecule has 1 rings (SSSR count). The van der Waals surface area contributed by atoms with Gasteiger partial charge in [0.2, 0.25) is 6.04 Å². The fraction of sp³-hybridized carbons (Fsp3) is 1.00. The molecule has 4 heteroatoms. The Hall–Kier alpha value is -0.640. The highest BCUT2D eigenvalue weighted by Crippen LogP contribution is 2.13. The quantitative estimate of drug-likeness (QED) is 0.494. The maximum absolute atomic E-state index is 10.5. The van der Waals surface area contributed by atoms with Gasteiger partial charge in [-0.2, -0.15) is 0 Å². The van der Waals surface area contributed by atoms with E-state index in [-0.39, 0.29) is 11.0 Å². The predicted octanol–water partition coefficient (Wildman–Crippen LogP) is 1.38. The molecule has 0 aromatic carbocycles. The van der Waals surface area contributed by atoms with Gasteiger partial charge in [-0.15, -0.1) is 0 Å². The van der Waals surface area contributed by atoms with Crippen molar-refractivity contribution in [1.82, 2.24) is 4.90 Å². The molecule has 0 atom stereocenters. The van der Waals surface area contributed by atoms with Crippen molar-refractivity contribution in [2.75, 3.05) is 19.6 Å². The summed E-state index contributed by atoms with van der Waals surface area (Å²) in [4.78, 5) is 12.7. The summed E-state index contributed by atoms with van der Waals surface area (Å²) in [7, 11) is 0. The molecule has 1 fully saturated rings. The molecule has 0 saturated carbocycles. The molecule has 0 aromatic rings. The Morgan fingerprint density at radius 3 is 2.38 bits per heavy atom. The summed E-state index contributed by atoms with van der Waals surface area (Å²) in [5, 5.41) is 10.5. The number of nitro groups is 1. The number of rotatable bonds is 3. The van der Waals surface area contributed by atoms with Crippen molar-refractivity contribution < 1.29 is 4.92 Å². The Morgan fingerprint density at radius 2 is 2.00 bits per heavy atom. The van der Waals surface area contributed by atoms with Gasteiger partial charge in [0.1, 0.15) is 0 Å². The van der Waals surface area contributed by atoms with E-state index in [9.17, 15) is 10.1 Å². The molecule has 4 nitrogen and oxygen atoms in total. The monoisotopic (exact) mass is 186 g/mol. The van der Waals surface area contributed by atoms with Crippen molar-refractivity contribution in [3.63, 3.8) is 0 Å². The van der Waals surface area contributed by atoms with Gasteiger partial charge in [0.25, 0.3) is 0 Å². The maximum Gasteiger partial charge on any atom is 0.215 e. The Bertz CT molecular complexity index is 174.